The summed E-state index contributed by atoms with van der Waals surface area (Å²) >= 11 is 0. The van der Waals surface area contributed by atoms with Crippen molar-refractivity contribution in [2.75, 3.05) is 17.2 Å². The molecule has 2 aromatic rings. The molecule has 0 aliphatic heterocycles. The lowest BCUT2D eigenvalue weighted by Gasteiger charge is -2.23. The van der Waals surface area contributed by atoms with E-state index < -0.39 is 0 Å². The Morgan fingerprint density at radius 3 is 2.22 bits per heavy atom. The van der Waals surface area contributed by atoms with Crippen LogP contribution in [0, 0.1) is 13.8 Å². The van der Waals surface area contributed by atoms with Gasteiger partial charge < -0.3 is 10.6 Å². The second kappa shape index (κ2) is 6.86. The van der Waals surface area contributed by atoms with Gasteiger partial charge in [0.15, 0.2) is 0 Å². The number of para-hydroxylation sites is 1. The molecule has 2 aromatic carbocycles. The van der Waals surface area contributed by atoms with Crippen molar-refractivity contribution in [3.05, 3.63) is 59.2 Å². The number of anilines is 2. The molecule has 0 aliphatic carbocycles. The minimum atomic E-state index is -0.0409. The van der Waals surface area contributed by atoms with Crippen molar-refractivity contribution in [1.82, 2.24) is 0 Å². The number of hydrogen-bond acceptors (Lipinski definition) is 2. The smallest absolute Gasteiger partial charge is 0.243 e. The van der Waals surface area contributed by atoms with Gasteiger partial charge >= 0.3 is 0 Å². The molecule has 3 nitrogen and oxygen atoms in total. The van der Waals surface area contributed by atoms with Crippen molar-refractivity contribution in [2.24, 2.45) is 0 Å². The van der Waals surface area contributed by atoms with Crippen LogP contribution in [0.2, 0.25) is 0 Å². The molecule has 0 bridgehead atoms. The molecule has 0 spiro atoms. The Morgan fingerprint density at radius 2 is 1.61 bits per heavy atom. The van der Waals surface area contributed by atoms with Gasteiger partial charge in [-0.1, -0.05) is 45.0 Å². The second-order valence-corrected chi connectivity index (χ2v) is 7.07. The van der Waals surface area contributed by atoms with Crippen LogP contribution >= 0.6 is 0 Å². The molecule has 23 heavy (non-hydrogen) atoms. The lowest BCUT2D eigenvalue weighted by atomic mass is 9.86. The van der Waals surface area contributed by atoms with Gasteiger partial charge in [0.2, 0.25) is 5.91 Å². The number of benzene rings is 2. The van der Waals surface area contributed by atoms with Crippen LogP contribution in [0.15, 0.2) is 42.5 Å². The van der Waals surface area contributed by atoms with E-state index in [1.165, 1.54) is 11.1 Å². The highest BCUT2D eigenvalue weighted by Gasteiger charge is 2.18. The summed E-state index contributed by atoms with van der Waals surface area (Å²) < 4.78 is 0. The van der Waals surface area contributed by atoms with E-state index in [0.717, 1.165) is 16.9 Å². The number of amides is 1. The van der Waals surface area contributed by atoms with Gasteiger partial charge in [0.1, 0.15) is 0 Å². The predicted octanol–water partition coefficient (Wildman–Crippen LogP) is 4.65. The fourth-order valence-electron chi connectivity index (χ4n) is 2.70. The van der Waals surface area contributed by atoms with Crippen molar-refractivity contribution >= 4 is 17.3 Å². The first-order chi connectivity index (χ1) is 10.8. The first kappa shape index (κ1) is 17.1. The number of nitrogens with one attached hydrogen (secondary N) is 2. The third-order valence-corrected chi connectivity index (χ3v) is 3.68. The third kappa shape index (κ3) is 4.85. The average molecular weight is 310 g/mol. The number of carbonyl (C=O) groups is 1. The van der Waals surface area contributed by atoms with Crippen LogP contribution in [0.4, 0.5) is 11.4 Å². The minimum absolute atomic E-state index is 0.00897. The Labute approximate surface area is 139 Å². The maximum atomic E-state index is 12.3. The summed E-state index contributed by atoms with van der Waals surface area (Å²) in [6, 6.07) is 14.2. The number of rotatable bonds is 4. The summed E-state index contributed by atoms with van der Waals surface area (Å²) in [5.74, 6) is -0.0409. The predicted molar refractivity (Wildman–Crippen MR) is 98.2 cm³/mol. The maximum Gasteiger partial charge on any atom is 0.243 e. The van der Waals surface area contributed by atoms with Gasteiger partial charge in [-0.05, 0) is 54.2 Å². The Morgan fingerprint density at radius 1 is 1.00 bits per heavy atom. The SMILES string of the molecule is Cc1cc(C)cc(NCC(=O)Nc2ccccc2C(C)(C)C)c1. The average Bonchev–Trinajstić information content (AvgIpc) is 2.43. The topological polar surface area (TPSA) is 41.1 Å². The minimum Gasteiger partial charge on any atom is -0.376 e. The van der Waals surface area contributed by atoms with E-state index in [-0.39, 0.29) is 17.9 Å². The molecule has 0 radical (unpaired) electrons. The largest absolute Gasteiger partial charge is 0.376 e. The Hall–Kier alpha value is -2.29. The van der Waals surface area contributed by atoms with E-state index in [1.54, 1.807) is 0 Å². The number of aryl methyl sites for hydroxylation is 2. The molecule has 0 fully saturated rings. The molecule has 0 aliphatic rings. The van der Waals surface area contributed by atoms with E-state index in [4.69, 9.17) is 0 Å². The van der Waals surface area contributed by atoms with Crippen LogP contribution in [-0.4, -0.2) is 12.5 Å². The zero-order valence-electron chi connectivity index (χ0n) is 14.7. The molecule has 2 N–H and O–H groups in total. The van der Waals surface area contributed by atoms with Crippen LogP contribution in [0.5, 0.6) is 0 Å². The first-order valence-corrected chi connectivity index (χ1v) is 7.97. The fourth-order valence-corrected chi connectivity index (χ4v) is 2.70. The molecule has 3 heteroatoms. The zero-order chi connectivity index (χ0) is 17.0. The van der Waals surface area contributed by atoms with Crippen LogP contribution in [0.25, 0.3) is 0 Å². The fraction of sp³-hybridized carbons (Fsp3) is 0.350. The highest BCUT2D eigenvalue weighted by atomic mass is 16.1. The molecule has 0 unspecified atom stereocenters. The van der Waals surface area contributed by atoms with E-state index in [0.29, 0.717) is 0 Å². The van der Waals surface area contributed by atoms with Crippen molar-refractivity contribution in [3.63, 3.8) is 0 Å². The summed E-state index contributed by atoms with van der Waals surface area (Å²) in [4.78, 5) is 12.3. The lowest BCUT2D eigenvalue weighted by Crippen LogP contribution is -2.24. The molecular weight excluding hydrogens is 284 g/mol. The normalized spacial score (nSPS) is 11.2. The van der Waals surface area contributed by atoms with E-state index >= 15 is 0 Å². The molecule has 1 amide bonds. The van der Waals surface area contributed by atoms with E-state index in [9.17, 15) is 4.79 Å². The lowest BCUT2D eigenvalue weighted by molar-refractivity contribution is -0.114. The highest BCUT2D eigenvalue weighted by Crippen LogP contribution is 2.29. The van der Waals surface area contributed by atoms with Crippen LogP contribution in [0.1, 0.15) is 37.5 Å². The van der Waals surface area contributed by atoms with Gasteiger partial charge in [-0.15, -0.1) is 0 Å². The summed E-state index contributed by atoms with van der Waals surface area (Å²) in [6.07, 6.45) is 0. The van der Waals surface area contributed by atoms with Crippen molar-refractivity contribution in [2.45, 2.75) is 40.0 Å². The number of hydrogen-bond donors (Lipinski definition) is 2. The third-order valence-electron chi connectivity index (χ3n) is 3.68. The van der Waals surface area contributed by atoms with Gasteiger partial charge in [-0.3, -0.25) is 4.79 Å². The van der Waals surface area contributed by atoms with Gasteiger partial charge in [0.05, 0.1) is 6.54 Å². The van der Waals surface area contributed by atoms with Gasteiger partial charge in [0.25, 0.3) is 0 Å². The molecule has 0 saturated carbocycles. The van der Waals surface area contributed by atoms with Crippen LogP contribution in [0.3, 0.4) is 0 Å². The van der Waals surface area contributed by atoms with Gasteiger partial charge in [0, 0.05) is 11.4 Å². The monoisotopic (exact) mass is 310 g/mol. The van der Waals surface area contributed by atoms with Gasteiger partial charge in [-0.2, -0.15) is 0 Å². The first-order valence-electron chi connectivity index (χ1n) is 7.97. The van der Waals surface area contributed by atoms with E-state index in [2.05, 4.69) is 57.4 Å². The Balaban J connectivity index is 2.03. The van der Waals surface area contributed by atoms with Crippen molar-refractivity contribution in [3.8, 4) is 0 Å². The molecule has 2 rings (SSSR count). The van der Waals surface area contributed by atoms with Crippen LogP contribution in [-0.2, 0) is 10.2 Å². The van der Waals surface area contributed by atoms with Gasteiger partial charge in [-0.25, -0.2) is 0 Å². The standard InChI is InChI=1S/C20H26N2O/c1-14-10-15(2)12-16(11-14)21-13-19(23)22-18-9-7-6-8-17(18)20(3,4)5/h6-12,21H,13H2,1-5H3,(H,22,23). The Bertz CT molecular complexity index is 679. The summed E-state index contributed by atoms with van der Waals surface area (Å²) in [6.45, 7) is 10.8. The van der Waals surface area contributed by atoms with Crippen molar-refractivity contribution in [1.29, 1.82) is 0 Å². The molecule has 0 saturated heterocycles. The zero-order valence-corrected chi connectivity index (χ0v) is 14.7. The van der Waals surface area contributed by atoms with Crippen molar-refractivity contribution < 1.29 is 4.79 Å². The highest BCUT2D eigenvalue weighted by molar-refractivity contribution is 5.94. The maximum absolute atomic E-state index is 12.3. The molecule has 0 aromatic heterocycles. The summed E-state index contributed by atoms with van der Waals surface area (Å²) in [5, 5.41) is 6.21. The molecule has 122 valence electrons. The molecular formula is C20H26N2O. The molecule has 0 atom stereocenters. The summed E-state index contributed by atoms with van der Waals surface area (Å²) in [5.41, 5.74) is 5.36. The molecule has 0 heterocycles. The number of carbonyl (C=O) groups excluding carboxylic acids is 1. The van der Waals surface area contributed by atoms with Crippen LogP contribution < -0.4 is 10.6 Å². The van der Waals surface area contributed by atoms with E-state index in [1.807, 2.05) is 30.3 Å². The quantitative estimate of drug-likeness (QED) is 0.863. The summed E-state index contributed by atoms with van der Waals surface area (Å²) in [7, 11) is 0. The Kier molecular flexibility index (Phi) is 5.09. The second-order valence-electron chi connectivity index (χ2n) is 7.07.